The molecule has 0 aliphatic heterocycles. The van der Waals surface area contributed by atoms with Crippen LogP contribution in [0.3, 0.4) is 0 Å². The van der Waals surface area contributed by atoms with E-state index in [1.807, 2.05) is 19.0 Å². The first-order valence-corrected chi connectivity index (χ1v) is 9.49. The summed E-state index contributed by atoms with van der Waals surface area (Å²) < 4.78 is 0. The van der Waals surface area contributed by atoms with Crippen molar-refractivity contribution in [2.45, 2.75) is 32.3 Å². The van der Waals surface area contributed by atoms with Gasteiger partial charge in [-0.3, -0.25) is 14.4 Å². The van der Waals surface area contributed by atoms with Crippen molar-refractivity contribution in [3.05, 3.63) is 40.2 Å². The fourth-order valence-electron chi connectivity index (χ4n) is 5.02. The van der Waals surface area contributed by atoms with Gasteiger partial charge in [-0.1, -0.05) is 7.43 Å². The van der Waals surface area contributed by atoms with Crippen molar-refractivity contribution in [2.75, 3.05) is 19.0 Å². The summed E-state index contributed by atoms with van der Waals surface area (Å²) in [5.41, 5.74) is 3.17. The summed E-state index contributed by atoms with van der Waals surface area (Å²) in [5, 5.41) is 43.0. The molecule has 0 spiro atoms. The molecule has 0 saturated heterocycles. The number of hydrogen-bond acceptors (Lipinski definition) is 8. The number of ketones is 2. The van der Waals surface area contributed by atoms with Crippen LogP contribution < -0.4 is 10.6 Å². The first-order chi connectivity index (χ1) is 14.0. The molecule has 0 radical (unpaired) electrons. The maximum Gasteiger partial charge on any atom is 0.255 e. The molecular formula is C22H26N2O7. The molecule has 166 valence electrons. The Morgan fingerprint density at radius 3 is 2.39 bits per heavy atom. The number of benzene rings is 1. The van der Waals surface area contributed by atoms with Crippen LogP contribution in [0.5, 0.6) is 5.75 Å². The molecule has 6 N–H and O–H groups in total. The second-order valence-electron chi connectivity index (χ2n) is 8.26. The minimum Gasteiger partial charge on any atom is -0.508 e. The third kappa shape index (κ3) is 2.83. The number of anilines is 1. The maximum atomic E-state index is 13.3. The van der Waals surface area contributed by atoms with Crippen LogP contribution in [0.4, 0.5) is 5.69 Å². The zero-order valence-electron chi connectivity index (χ0n) is 16.5. The molecule has 1 fully saturated rings. The van der Waals surface area contributed by atoms with Gasteiger partial charge in [0.15, 0.2) is 11.4 Å². The van der Waals surface area contributed by atoms with Gasteiger partial charge in [-0.25, -0.2) is 0 Å². The molecule has 1 amide bonds. The van der Waals surface area contributed by atoms with Crippen LogP contribution >= 0.6 is 0 Å². The van der Waals surface area contributed by atoms with Gasteiger partial charge in [0.05, 0.1) is 5.56 Å². The van der Waals surface area contributed by atoms with E-state index in [1.54, 1.807) is 6.07 Å². The zero-order valence-corrected chi connectivity index (χ0v) is 16.5. The first kappa shape index (κ1) is 22.4. The Balaban J connectivity index is 0.00000272. The smallest absolute Gasteiger partial charge is 0.255 e. The molecule has 3 atom stereocenters. The van der Waals surface area contributed by atoms with E-state index in [4.69, 9.17) is 5.73 Å². The molecule has 31 heavy (non-hydrogen) atoms. The van der Waals surface area contributed by atoms with Crippen LogP contribution in [0.1, 0.15) is 31.4 Å². The van der Waals surface area contributed by atoms with Crippen LogP contribution in [0, 0.1) is 11.8 Å². The van der Waals surface area contributed by atoms with E-state index in [1.165, 1.54) is 6.07 Å². The number of aromatic hydroxyl groups is 1. The number of aliphatic hydroxyl groups is 3. The molecular weight excluding hydrogens is 404 g/mol. The van der Waals surface area contributed by atoms with Gasteiger partial charge in [0, 0.05) is 37.7 Å². The third-order valence-electron chi connectivity index (χ3n) is 6.40. The Bertz CT molecular complexity index is 1090. The number of hydrogen-bond donors (Lipinski definition) is 5. The van der Waals surface area contributed by atoms with Crippen molar-refractivity contribution >= 4 is 28.9 Å². The van der Waals surface area contributed by atoms with Gasteiger partial charge in [0.1, 0.15) is 22.8 Å². The van der Waals surface area contributed by atoms with Crippen molar-refractivity contribution in [1.29, 1.82) is 0 Å². The standard InChI is InChI=1S/C21H22N2O7.CH4/c1-23(2)11-3-4-12(24)15-10(11)6-8-5-9-7-13(25)16(20(22)29)19(28)21(9,30)18(27)14(8)17(15)26;/h3-4,8-9,24,26,28,30H,5-7H2,1-2H3,(H2,22,29);1H4/t8-,9+,21+;/m1./s1. The number of fused-ring (bicyclic) bond motifs is 3. The second kappa shape index (κ2) is 7.12. The molecule has 3 aliphatic rings. The number of Topliss-reactive ketones (excluding diaryl/α,β-unsaturated/α-hetero) is 2. The maximum absolute atomic E-state index is 13.3. The fraction of sp³-hybridized carbons (Fsp3) is 0.409. The number of nitrogens with zero attached hydrogens (tertiary/aromatic N) is 1. The SMILES string of the molecule is C.CN(C)c1ccc(O)c2c1C[C@H]1C[C@H]3CC(=O)C(C(N)=O)=C(O)[C@@]3(O)C(=O)C1=C2O. The number of amides is 1. The largest absolute Gasteiger partial charge is 0.508 e. The molecule has 0 aromatic heterocycles. The number of phenolic OH excluding ortho intramolecular Hbond substituents is 1. The number of rotatable bonds is 2. The van der Waals surface area contributed by atoms with Gasteiger partial charge >= 0.3 is 0 Å². The Labute approximate surface area is 179 Å². The van der Waals surface area contributed by atoms with E-state index < -0.39 is 52.0 Å². The Kier molecular flexibility index (Phi) is 5.14. The lowest BCUT2D eigenvalue weighted by atomic mass is 9.59. The topological polar surface area (TPSA) is 161 Å². The quantitative estimate of drug-likeness (QED) is 0.436. The highest BCUT2D eigenvalue weighted by Gasteiger charge is 2.60. The molecule has 0 bridgehead atoms. The molecule has 9 heteroatoms. The molecule has 3 aliphatic carbocycles. The average molecular weight is 430 g/mol. The van der Waals surface area contributed by atoms with Gasteiger partial charge < -0.3 is 31.1 Å². The predicted molar refractivity (Wildman–Crippen MR) is 112 cm³/mol. The van der Waals surface area contributed by atoms with Crippen molar-refractivity contribution in [2.24, 2.45) is 17.6 Å². The van der Waals surface area contributed by atoms with Crippen LogP contribution in [0.2, 0.25) is 0 Å². The second-order valence-corrected chi connectivity index (χ2v) is 8.26. The highest BCUT2D eigenvalue weighted by Crippen LogP contribution is 2.52. The first-order valence-electron chi connectivity index (χ1n) is 9.49. The Morgan fingerprint density at radius 1 is 1.16 bits per heavy atom. The van der Waals surface area contributed by atoms with Gasteiger partial charge in [-0.05, 0) is 36.5 Å². The molecule has 1 saturated carbocycles. The number of primary amides is 1. The molecule has 0 unspecified atom stereocenters. The molecule has 1 aromatic rings. The van der Waals surface area contributed by atoms with Gasteiger partial charge in [-0.2, -0.15) is 0 Å². The van der Waals surface area contributed by atoms with Crippen LogP contribution in [-0.4, -0.2) is 57.6 Å². The Morgan fingerprint density at radius 2 is 1.81 bits per heavy atom. The van der Waals surface area contributed by atoms with E-state index in [2.05, 4.69) is 0 Å². The lowest BCUT2D eigenvalue weighted by Gasteiger charge is -2.46. The van der Waals surface area contributed by atoms with Gasteiger partial charge in [0.2, 0.25) is 5.78 Å². The average Bonchev–Trinajstić information content (AvgIpc) is 2.64. The van der Waals surface area contributed by atoms with E-state index in [0.717, 1.165) is 5.69 Å². The van der Waals surface area contributed by atoms with E-state index >= 15 is 0 Å². The summed E-state index contributed by atoms with van der Waals surface area (Å²) >= 11 is 0. The third-order valence-corrected chi connectivity index (χ3v) is 6.40. The van der Waals surface area contributed by atoms with E-state index in [0.29, 0.717) is 5.56 Å². The molecule has 1 aromatic carbocycles. The summed E-state index contributed by atoms with van der Waals surface area (Å²) in [6.07, 6.45) is 0.0737. The van der Waals surface area contributed by atoms with Crippen molar-refractivity contribution in [1.82, 2.24) is 0 Å². The minimum absolute atomic E-state index is 0. The number of carbonyl (C=O) groups excluding carboxylic acids is 3. The normalized spacial score (nSPS) is 27.2. The van der Waals surface area contributed by atoms with E-state index in [9.17, 15) is 34.8 Å². The number of nitrogens with two attached hydrogens (primary N) is 1. The van der Waals surface area contributed by atoms with Crippen LogP contribution in [-0.2, 0) is 20.8 Å². The lowest BCUT2D eigenvalue weighted by molar-refractivity contribution is -0.147. The number of aliphatic hydroxyl groups excluding tert-OH is 2. The number of phenols is 1. The van der Waals surface area contributed by atoms with Crippen molar-refractivity contribution < 1.29 is 34.8 Å². The summed E-state index contributed by atoms with van der Waals surface area (Å²) in [4.78, 5) is 39.1. The predicted octanol–water partition coefficient (Wildman–Crippen LogP) is 1.13. The lowest BCUT2D eigenvalue weighted by Crippen LogP contribution is -2.58. The molecule has 4 rings (SSSR count). The minimum atomic E-state index is -2.54. The van der Waals surface area contributed by atoms with Crippen molar-refractivity contribution in [3.63, 3.8) is 0 Å². The van der Waals surface area contributed by atoms with Gasteiger partial charge in [-0.15, -0.1) is 0 Å². The summed E-state index contributed by atoms with van der Waals surface area (Å²) in [7, 11) is 3.61. The van der Waals surface area contributed by atoms with Gasteiger partial charge in [0.25, 0.3) is 5.91 Å². The summed E-state index contributed by atoms with van der Waals surface area (Å²) in [6, 6.07) is 3.10. The molecule has 9 nitrogen and oxygen atoms in total. The highest BCUT2D eigenvalue weighted by molar-refractivity contribution is 6.22. The monoisotopic (exact) mass is 430 g/mol. The number of carbonyl (C=O) groups is 3. The van der Waals surface area contributed by atoms with Crippen LogP contribution in [0.25, 0.3) is 5.76 Å². The van der Waals surface area contributed by atoms with Crippen molar-refractivity contribution in [3.8, 4) is 5.75 Å². The summed E-state index contributed by atoms with van der Waals surface area (Å²) in [5.74, 6) is -6.25. The fourth-order valence-corrected chi connectivity index (χ4v) is 5.02. The van der Waals surface area contributed by atoms with E-state index in [-0.39, 0.29) is 43.6 Å². The molecule has 0 heterocycles. The highest BCUT2D eigenvalue weighted by atomic mass is 16.3. The summed E-state index contributed by atoms with van der Waals surface area (Å²) in [6.45, 7) is 0. The Hall–Kier alpha value is -3.33. The van der Waals surface area contributed by atoms with Crippen LogP contribution in [0.15, 0.2) is 29.0 Å². The zero-order chi connectivity index (χ0) is 22.1.